The lowest BCUT2D eigenvalue weighted by Crippen LogP contribution is -2.02. The van der Waals surface area contributed by atoms with Gasteiger partial charge < -0.3 is 0 Å². The number of aryl methyl sites for hydroxylation is 1. The molecular formula is C10H7I2N3O. The van der Waals surface area contributed by atoms with Gasteiger partial charge in [-0.2, -0.15) is 0 Å². The van der Waals surface area contributed by atoms with Crippen LogP contribution in [0, 0.1) is 14.3 Å². The first-order valence-electron chi connectivity index (χ1n) is 4.44. The van der Waals surface area contributed by atoms with Gasteiger partial charge >= 0.3 is 0 Å². The summed E-state index contributed by atoms with van der Waals surface area (Å²) in [5, 5.41) is 0. The highest BCUT2D eigenvalue weighted by atomic mass is 127. The molecule has 0 unspecified atom stereocenters. The zero-order valence-electron chi connectivity index (χ0n) is 8.32. The molecule has 82 valence electrons. The second kappa shape index (κ2) is 4.78. The van der Waals surface area contributed by atoms with Gasteiger partial charge in [0.05, 0.1) is 0 Å². The van der Waals surface area contributed by atoms with Crippen molar-refractivity contribution in [1.29, 1.82) is 0 Å². The fourth-order valence-electron chi connectivity index (χ4n) is 1.37. The minimum Gasteiger partial charge on any atom is -0.298 e. The summed E-state index contributed by atoms with van der Waals surface area (Å²) in [7, 11) is 0. The van der Waals surface area contributed by atoms with Gasteiger partial charge in [0.25, 0.3) is 0 Å². The summed E-state index contributed by atoms with van der Waals surface area (Å²) in [6.45, 7) is 1.93. The molecule has 0 amide bonds. The molecule has 2 aromatic heterocycles. The summed E-state index contributed by atoms with van der Waals surface area (Å²) < 4.78 is 3.87. The number of hydrogen-bond donors (Lipinski definition) is 0. The quantitative estimate of drug-likeness (QED) is 0.535. The molecule has 0 aromatic carbocycles. The Labute approximate surface area is 120 Å². The highest BCUT2D eigenvalue weighted by Gasteiger charge is 2.10. The van der Waals surface area contributed by atoms with Crippen LogP contribution in [0.25, 0.3) is 5.82 Å². The molecule has 0 atom stereocenters. The van der Waals surface area contributed by atoms with Gasteiger partial charge in [-0.1, -0.05) is 0 Å². The summed E-state index contributed by atoms with van der Waals surface area (Å²) in [5.41, 5.74) is 1.54. The van der Waals surface area contributed by atoms with Crippen molar-refractivity contribution >= 4 is 51.5 Å². The van der Waals surface area contributed by atoms with Crippen molar-refractivity contribution in [3.63, 3.8) is 0 Å². The van der Waals surface area contributed by atoms with Crippen LogP contribution >= 0.6 is 45.2 Å². The largest absolute Gasteiger partial charge is 0.298 e. The molecule has 0 saturated carbocycles. The van der Waals surface area contributed by atoms with E-state index in [1.54, 1.807) is 12.5 Å². The molecule has 2 rings (SSSR count). The number of imidazole rings is 1. The lowest BCUT2D eigenvalue weighted by molar-refractivity contribution is 0.112. The molecule has 0 bridgehead atoms. The third-order valence-corrected chi connectivity index (χ3v) is 4.96. The SMILES string of the molecule is Cc1cc(C=O)cnc1-n1cnc(I)c1I. The molecule has 0 spiro atoms. The minimum absolute atomic E-state index is 0.589. The fourth-order valence-corrected chi connectivity index (χ4v) is 2.24. The predicted octanol–water partition coefficient (Wildman–Crippen LogP) is 2.60. The fraction of sp³-hybridized carbons (Fsp3) is 0.100. The Balaban J connectivity index is 2.56. The van der Waals surface area contributed by atoms with Crippen LogP contribution in [0.5, 0.6) is 0 Å². The molecule has 0 aliphatic rings. The van der Waals surface area contributed by atoms with Crippen molar-refractivity contribution in [3.8, 4) is 5.82 Å². The van der Waals surface area contributed by atoms with Crippen LogP contribution < -0.4 is 0 Å². The summed E-state index contributed by atoms with van der Waals surface area (Å²) in [6, 6.07) is 1.82. The zero-order chi connectivity index (χ0) is 11.7. The number of rotatable bonds is 2. The van der Waals surface area contributed by atoms with Crippen molar-refractivity contribution in [2.45, 2.75) is 6.92 Å². The van der Waals surface area contributed by atoms with E-state index in [1.807, 2.05) is 17.6 Å². The lowest BCUT2D eigenvalue weighted by Gasteiger charge is -2.06. The van der Waals surface area contributed by atoms with Crippen LogP contribution in [0.4, 0.5) is 0 Å². The van der Waals surface area contributed by atoms with Gasteiger partial charge in [0.2, 0.25) is 0 Å². The maximum atomic E-state index is 10.6. The highest BCUT2D eigenvalue weighted by molar-refractivity contribution is 14.1. The van der Waals surface area contributed by atoms with Gasteiger partial charge in [-0.15, -0.1) is 0 Å². The predicted molar refractivity (Wildman–Crippen MR) is 76.9 cm³/mol. The minimum atomic E-state index is 0.589. The van der Waals surface area contributed by atoms with Crippen molar-refractivity contribution in [2.75, 3.05) is 0 Å². The average molecular weight is 439 g/mol. The first-order valence-corrected chi connectivity index (χ1v) is 6.59. The smallest absolute Gasteiger partial charge is 0.151 e. The van der Waals surface area contributed by atoms with Crippen LogP contribution in [-0.4, -0.2) is 20.8 Å². The monoisotopic (exact) mass is 439 g/mol. The van der Waals surface area contributed by atoms with Crippen molar-refractivity contribution in [1.82, 2.24) is 14.5 Å². The van der Waals surface area contributed by atoms with Gasteiger partial charge in [0, 0.05) is 11.8 Å². The molecule has 0 N–H and O–H groups in total. The van der Waals surface area contributed by atoms with Gasteiger partial charge in [-0.3, -0.25) is 9.36 Å². The van der Waals surface area contributed by atoms with E-state index in [0.29, 0.717) is 5.56 Å². The first kappa shape index (κ1) is 12.0. The normalized spacial score (nSPS) is 10.4. The second-order valence-electron chi connectivity index (χ2n) is 3.22. The number of nitrogens with zero attached hydrogens (tertiary/aromatic N) is 3. The van der Waals surface area contributed by atoms with Crippen molar-refractivity contribution in [3.05, 3.63) is 37.1 Å². The van der Waals surface area contributed by atoms with E-state index in [9.17, 15) is 4.79 Å². The van der Waals surface area contributed by atoms with E-state index in [2.05, 4.69) is 55.1 Å². The summed E-state index contributed by atoms with van der Waals surface area (Å²) in [5.74, 6) is 0.811. The third kappa shape index (κ3) is 2.12. The molecule has 0 fully saturated rings. The third-order valence-electron chi connectivity index (χ3n) is 2.10. The van der Waals surface area contributed by atoms with Crippen LogP contribution in [0.3, 0.4) is 0 Å². The number of carbonyl (C=O) groups excluding carboxylic acids is 1. The molecular weight excluding hydrogens is 432 g/mol. The average Bonchev–Trinajstić information content (AvgIpc) is 2.60. The van der Waals surface area contributed by atoms with Crippen LogP contribution in [0.2, 0.25) is 0 Å². The summed E-state index contributed by atoms with van der Waals surface area (Å²) >= 11 is 4.40. The van der Waals surface area contributed by atoms with Crippen LogP contribution in [-0.2, 0) is 0 Å². The lowest BCUT2D eigenvalue weighted by atomic mass is 10.2. The molecule has 0 aliphatic heterocycles. The first-order chi connectivity index (χ1) is 7.63. The Kier molecular flexibility index (Phi) is 3.57. The Hall–Kier alpha value is -0.510. The van der Waals surface area contributed by atoms with Crippen molar-refractivity contribution < 1.29 is 4.79 Å². The number of halogens is 2. The number of hydrogen-bond acceptors (Lipinski definition) is 3. The highest BCUT2D eigenvalue weighted by Crippen LogP contribution is 2.19. The van der Waals surface area contributed by atoms with E-state index in [4.69, 9.17) is 0 Å². The Bertz CT molecular complexity index is 551. The Morgan fingerprint density at radius 3 is 2.62 bits per heavy atom. The standard InChI is InChI=1S/C10H7I2N3O/c1-6-2-7(4-16)3-13-10(6)15-5-14-8(11)9(15)12/h2-5H,1H3. The molecule has 0 aliphatic carbocycles. The maximum absolute atomic E-state index is 10.6. The molecule has 2 heterocycles. The van der Waals surface area contributed by atoms with E-state index >= 15 is 0 Å². The summed E-state index contributed by atoms with van der Waals surface area (Å²) in [6.07, 6.45) is 4.10. The van der Waals surface area contributed by atoms with E-state index in [0.717, 1.165) is 25.1 Å². The Morgan fingerprint density at radius 2 is 2.12 bits per heavy atom. The van der Waals surface area contributed by atoms with Crippen LogP contribution in [0.1, 0.15) is 15.9 Å². The summed E-state index contributed by atoms with van der Waals surface area (Å²) in [4.78, 5) is 19.1. The molecule has 16 heavy (non-hydrogen) atoms. The molecule has 4 nitrogen and oxygen atoms in total. The number of aldehydes is 1. The van der Waals surface area contributed by atoms with E-state index < -0.39 is 0 Å². The van der Waals surface area contributed by atoms with Crippen LogP contribution in [0.15, 0.2) is 18.6 Å². The van der Waals surface area contributed by atoms with Crippen molar-refractivity contribution in [2.24, 2.45) is 0 Å². The number of carbonyl (C=O) groups is 1. The molecule has 6 heteroatoms. The van der Waals surface area contributed by atoms with Gasteiger partial charge in [-0.25, -0.2) is 9.97 Å². The second-order valence-corrected chi connectivity index (χ2v) is 5.27. The van der Waals surface area contributed by atoms with Gasteiger partial charge in [-0.05, 0) is 63.7 Å². The van der Waals surface area contributed by atoms with E-state index in [1.165, 1.54) is 0 Å². The molecule has 2 aromatic rings. The number of aromatic nitrogens is 3. The Morgan fingerprint density at radius 1 is 1.38 bits per heavy atom. The zero-order valence-corrected chi connectivity index (χ0v) is 12.6. The topological polar surface area (TPSA) is 47.8 Å². The van der Waals surface area contributed by atoms with Gasteiger partial charge in [0.1, 0.15) is 19.5 Å². The van der Waals surface area contributed by atoms with E-state index in [-0.39, 0.29) is 0 Å². The van der Waals surface area contributed by atoms with Gasteiger partial charge in [0.15, 0.2) is 6.29 Å². The molecule has 0 radical (unpaired) electrons. The number of pyridine rings is 1. The molecule has 0 saturated heterocycles. The maximum Gasteiger partial charge on any atom is 0.151 e.